The van der Waals surface area contributed by atoms with E-state index in [2.05, 4.69) is 0 Å². The largest absolute Gasteiger partial charge is 1.00 e. The van der Waals surface area contributed by atoms with E-state index in [0.29, 0.717) is 34.4 Å². The SMILES string of the molecule is CCCc1c(OCC(O)COc2ccc3c(C)c(CC(=O)[O-])c(=O)oc3c2)ccc(C(C)=O)c1O.[Na+]. The zero-order valence-electron chi connectivity index (χ0n) is 20.8. The number of benzene rings is 2. The summed E-state index contributed by atoms with van der Waals surface area (Å²) in [4.78, 5) is 34.7. The molecule has 0 saturated carbocycles. The molecule has 36 heavy (non-hydrogen) atoms. The van der Waals surface area contributed by atoms with Crippen LogP contribution in [0, 0.1) is 6.92 Å². The summed E-state index contributed by atoms with van der Waals surface area (Å²) in [5, 5.41) is 32.2. The molecule has 0 aliphatic carbocycles. The third-order valence-corrected chi connectivity index (χ3v) is 5.57. The molecule has 1 aromatic heterocycles. The predicted octanol–water partition coefficient (Wildman–Crippen LogP) is -0.923. The first-order valence-corrected chi connectivity index (χ1v) is 11.2. The fraction of sp³-hybridized carbons (Fsp3) is 0.346. The summed E-state index contributed by atoms with van der Waals surface area (Å²) < 4.78 is 16.5. The smallest absolute Gasteiger partial charge is 0.550 e. The molecule has 3 rings (SSSR count). The number of carbonyl (C=O) groups is 2. The summed E-state index contributed by atoms with van der Waals surface area (Å²) in [6.07, 6.45) is -0.331. The molecule has 0 aliphatic heterocycles. The van der Waals surface area contributed by atoms with E-state index in [1.165, 1.54) is 19.1 Å². The van der Waals surface area contributed by atoms with Gasteiger partial charge < -0.3 is 34.0 Å². The van der Waals surface area contributed by atoms with Crippen molar-refractivity contribution >= 4 is 22.7 Å². The molecule has 0 bridgehead atoms. The third kappa shape index (κ3) is 6.88. The summed E-state index contributed by atoms with van der Waals surface area (Å²) in [5.74, 6) is -1.02. The molecule has 10 heteroatoms. The number of ether oxygens (including phenoxy) is 2. The monoisotopic (exact) mass is 506 g/mol. The quantitative estimate of drug-likeness (QED) is 0.191. The number of Topliss-reactive ketones (excluding diaryl/α,β-unsaturated/α-hetero) is 1. The molecule has 1 unspecified atom stereocenters. The van der Waals surface area contributed by atoms with Crippen LogP contribution in [0.1, 0.15) is 47.3 Å². The normalized spacial score (nSPS) is 11.6. The molecular weight excluding hydrogens is 479 g/mol. The van der Waals surface area contributed by atoms with E-state index >= 15 is 0 Å². The summed E-state index contributed by atoms with van der Waals surface area (Å²) in [7, 11) is 0. The Kier molecular flexibility index (Phi) is 10.5. The Balaban J connectivity index is 0.00000456. The van der Waals surface area contributed by atoms with Crippen LogP contribution >= 0.6 is 0 Å². The van der Waals surface area contributed by atoms with Gasteiger partial charge in [0.25, 0.3) is 0 Å². The van der Waals surface area contributed by atoms with Gasteiger partial charge in [0.1, 0.15) is 42.1 Å². The van der Waals surface area contributed by atoms with Crippen molar-refractivity contribution in [2.75, 3.05) is 13.2 Å². The number of carbonyl (C=O) groups excluding carboxylic acids is 2. The van der Waals surface area contributed by atoms with Gasteiger partial charge in [-0.2, -0.15) is 0 Å². The van der Waals surface area contributed by atoms with E-state index in [9.17, 15) is 29.7 Å². The molecule has 2 N–H and O–H groups in total. The van der Waals surface area contributed by atoms with Gasteiger partial charge in [0.2, 0.25) is 0 Å². The van der Waals surface area contributed by atoms with Crippen molar-refractivity contribution in [1.82, 2.24) is 0 Å². The van der Waals surface area contributed by atoms with Crippen molar-refractivity contribution in [3.05, 3.63) is 63.0 Å². The van der Waals surface area contributed by atoms with Crippen LogP contribution < -0.4 is 49.8 Å². The van der Waals surface area contributed by atoms with Crippen LogP contribution in [0.5, 0.6) is 17.2 Å². The zero-order valence-corrected chi connectivity index (χ0v) is 22.8. The number of aliphatic carboxylic acids is 1. The average Bonchev–Trinajstić information content (AvgIpc) is 2.80. The van der Waals surface area contributed by atoms with Crippen molar-refractivity contribution < 1.29 is 68.4 Å². The molecule has 9 nitrogen and oxygen atoms in total. The van der Waals surface area contributed by atoms with E-state index in [-0.39, 0.29) is 71.0 Å². The second kappa shape index (κ2) is 12.9. The minimum Gasteiger partial charge on any atom is -0.550 e. The Morgan fingerprint density at radius 1 is 1.11 bits per heavy atom. The second-order valence-corrected chi connectivity index (χ2v) is 8.22. The number of hydrogen-bond acceptors (Lipinski definition) is 9. The van der Waals surface area contributed by atoms with E-state index in [0.717, 1.165) is 6.42 Å². The minimum absolute atomic E-state index is 0. The van der Waals surface area contributed by atoms with Crippen molar-refractivity contribution in [3.8, 4) is 17.2 Å². The Morgan fingerprint density at radius 2 is 1.81 bits per heavy atom. The summed E-state index contributed by atoms with van der Waals surface area (Å²) in [6, 6.07) is 7.82. The van der Waals surface area contributed by atoms with Crippen LogP contribution in [0.2, 0.25) is 0 Å². The molecule has 2 aromatic carbocycles. The number of aliphatic hydroxyl groups is 1. The topological polar surface area (TPSA) is 146 Å². The van der Waals surface area contributed by atoms with Gasteiger partial charge in [-0.25, -0.2) is 4.79 Å². The number of aromatic hydroxyl groups is 1. The molecule has 1 heterocycles. The van der Waals surface area contributed by atoms with Gasteiger partial charge in [-0.05, 0) is 50.1 Å². The van der Waals surface area contributed by atoms with Crippen LogP contribution in [0.15, 0.2) is 39.5 Å². The third-order valence-electron chi connectivity index (χ3n) is 5.57. The Hall–Kier alpha value is -2.85. The summed E-state index contributed by atoms with van der Waals surface area (Å²) >= 11 is 0. The van der Waals surface area contributed by atoms with Crippen molar-refractivity contribution in [1.29, 1.82) is 0 Å². The fourth-order valence-corrected chi connectivity index (χ4v) is 3.77. The van der Waals surface area contributed by atoms with Crippen LogP contribution in [-0.4, -0.2) is 41.3 Å². The van der Waals surface area contributed by atoms with Gasteiger partial charge in [-0.15, -0.1) is 0 Å². The average molecular weight is 506 g/mol. The molecule has 0 spiro atoms. The first-order valence-electron chi connectivity index (χ1n) is 11.2. The van der Waals surface area contributed by atoms with E-state index in [1.54, 1.807) is 25.1 Å². The van der Waals surface area contributed by atoms with Gasteiger partial charge in [-0.1, -0.05) is 13.3 Å². The van der Waals surface area contributed by atoms with E-state index in [4.69, 9.17) is 13.9 Å². The molecule has 0 saturated heterocycles. The maximum absolute atomic E-state index is 12.2. The number of carboxylic acid groups (broad SMARTS) is 1. The van der Waals surface area contributed by atoms with Crippen LogP contribution in [0.4, 0.5) is 0 Å². The summed E-state index contributed by atoms with van der Waals surface area (Å²) in [5.41, 5.74) is 0.710. The number of carboxylic acids is 1. The molecule has 0 fully saturated rings. The maximum atomic E-state index is 12.2. The number of aliphatic hydroxyl groups excluding tert-OH is 1. The number of phenols is 1. The Morgan fingerprint density at radius 3 is 2.44 bits per heavy atom. The molecule has 0 amide bonds. The molecule has 0 radical (unpaired) electrons. The van der Waals surface area contributed by atoms with Gasteiger partial charge in [-0.3, -0.25) is 4.79 Å². The molecule has 1 atom stereocenters. The van der Waals surface area contributed by atoms with Crippen molar-refractivity contribution in [2.45, 2.75) is 46.1 Å². The number of phenolic OH excluding ortho intramolecular Hbond substituents is 1. The number of aryl methyl sites for hydroxylation is 1. The van der Waals surface area contributed by atoms with Gasteiger partial charge in [0.15, 0.2) is 5.78 Å². The number of rotatable bonds is 11. The Bertz CT molecular complexity index is 1310. The van der Waals surface area contributed by atoms with Crippen molar-refractivity contribution in [2.24, 2.45) is 0 Å². The minimum atomic E-state index is -1.37. The van der Waals surface area contributed by atoms with Crippen LogP contribution in [-0.2, 0) is 17.6 Å². The molecule has 3 aromatic rings. The van der Waals surface area contributed by atoms with Gasteiger partial charge >= 0.3 is 35.2 Å². The number of ketones is 1. The molecule has 186 valence electrons. The first-order chi connectivity index (χ1) is 16.6. The zero-order chi connectivity index (χ0) is 25.7. The Labute approximate surface area is 229 Å². The number of fused-ring (bicyclic) bond motifs is 1. The van der Waals surface area contributed by atoms with E-state index in [1.807, 2.05) is 6.92 Å². The van der Waals surface area contributed by atoms with Gasteiger partial charge in [0.05, 0.1) is 5.56 Å². The summed E-state index contributed by atoms with van der Waals surface area (Å²) in [6.45, 7) is 4.69. The van der Waals surface area contributed by atoms with Crippen molar-refractivity contribution in [3.63, 3.8) is 0 Å². The van der Waals surface area contributed by atoms with Crippen LogP contribution in [0.25, 0.3) is 11.0 Å². The van der Waals surface area contributed by atoms with E-state index < -0.39 is 24.1 Å². The maximum Gasteiger partial charge on any atom is 1.00 e. The second-order valence-electron chi connectivity index (χ2n) is 8.22. The molecular formula is C26H27NaO9. The number of hydrogen-bond donors (Lipinski definition) is 2. The first kappa shape index (κ1) is 29.4. The fourth-order valence-electron chi connectivity index (χ4n) is 3.77. The standard InChI is InChI=1S/C26H28O9.Na/c1-4-5-20-22(9-8-19(15(3)27)25(20)31)34-13-16(28)12-33-17-6-7-18-14(2)21(11-24(29)30)26(32)35-23(18)10-17;/h6-10,16,28,31H,4-5,11-13H2,1-3H3,(H,29,30);/q;+1/p-1. The predicted molar refractivity (Wildman–Crippen MR) is 125 cm³/mol. The molecule has 0 aliphatic rings. The van der Waals surface area contributed by atoms with Gasteiger partial charge in [0, 0.05) is 35.0 Å². The van der Waals surface area contributed by atoms with Crippen LogP contribution in [0.3, 0.4) is 0 Å².